The maximum absolute atomic E-state index is 13.9. The largest absolute Gasteiger partial charge is 0.495 e. The third-order valence-corrected chi connectivity index (χ3v) is 3.48. The van der Waals surface area contributed by atoms with Crippen LogP contribution >= 0.6 is 0 Å². The van der Waals surface area contributed by atoms with Crippen molar-refractivity contribution in [1.29, 1.82) is 0 Å². The van der Waals surface area contributed by atoms with Crippen molar-refractivity contribution >= 4 is 11.4 Å². The molecule has 1 aliphatic heterocycles. The van der Waals surface area contributed by atoms with Crippen LogP contribution < -0.4 is 15.4 Å². The molecule has 1 aliphatic rings. The number of anilines is 2. The molecular weight excluding hydrogens is 235 g/mol. The van der Waals surface area contributed by atoms with Crippen LogP contribution in [0, 0.1) is 5.82 Å². The molecule has 0 saturated carbocycles. The van der Waals surface area contributed by atoms with Crippen molar-refractivity contribution < 1.29 is 14.2 Å². The number of benzene rings is 1. The standard InChI is InChI=1S/C13H19FN2O2/c1-13(17)3-5-16(6-4-13)11-8-12(18-2)10(15)7-9(11)14/h7-8,17H,3-6,15H2,1-2H3. The number of ether oxygens (including phenoxy) is 1. The smallest absolute Gasteiger partial charge is 0.148 e. The van der Waals surface area contributed by atoms with Gasteiger partial charge in [0.25, 0.3) is 0 Å². The predicted molar refractivity (Wildman–Crippen MR) is 69.4 cm³/mol. The van der Waals surface area contributed by atoms with Gasteiger partial charge in [0.05, 0.1) is 24.1 Å². The minimum atomic E-state index is -0.648. The summed E-state index contributed by atoms with van der Waals surface area (Å²) >= 11 is 0. The molecule has 0 unspecified atom stereocenters. The van der Waals surface area contributed by atoms with Gasteiger partial charge in [0, 0.05) is 25.2 Å². The number of piperidine rings is 1. The summed E-state index contributed by atoms with van der Waals surface area (Å²) in [4.78, 5) is 1.91. The van der Waals surface area contributed by atoms with Crippen LogP contribution in [0.2, 0.25) is 0 Å². The summed E-state index contributed by atoms with van der Waals surface area (Å²) in [6.45, 7) is 3.05. The minimum Gasteiger partial charge on any atom is -0.495 e. The van der Waals surface area contributed by atoms with Gasteiger partial charge in [-0.1, -0.05) is 0 Å². The highest BCUT2D eigenvalue weighted by Gasteiger charge is 2.28. The molecule has 0 bridgehead atoms. The molecule has 1 aromatic carbocycles. The Labute approximate surface area is 106 Å². The van der Waals surface area contributed by atoms with E-state index in [1.807, 2.05) is 11.8 Å². The Morgan fingerprint density at radius 3 is 2.56 bits per heavy atom. The van der Waals surface area contributed by atoms with E-state index in [9.17, 15) is 9.50 Å². The normalized spacial score (nSPS) is 18.8. The van der Waals surface area contributed by atoms with Crippen molar-refractivity contribution in [3.63, 3.8) is 0 Å². The Bertz CT molecular complexity index is 439. The first-order valence-electron chi connectivity index (χ1n) is 6.03. The molecule has 18 heavy (non-hydrogen) atoms. The summed E-state index contributed by atoms with van der Waals surface area (Å²) in [5.41, 5.74) is 5.78. The molecule has 0 atom stereocenters. The first-order valence-corrected chi connectivity index (χ1v) is 6.03. The van der Waals surface area contributed by atoms with Gasteiger partial charge in [-0.3, -0.25) is 0 Å². The van der Waals surface area contributed by atoms with Gasteiger partial charge in [-0.05, 0) is 19.8 Å². The first kappa shape index (κ1) is 13.0. The lowest BCUT2D eigenvalue weighted by Gasteiger charge is -2.37. The molecule has 5 heteroatoms. The van der Waals surface area contributed by atoms with Gasteiger partial charge in [-0.15, -0.1) is 0 Å². The number of hydrogen-bond acceptors (Lipinski definition) is 4. The molecule has 4 nitrogen and oxygen atoms in total. The second-order valence-corrected chi connectivity index (χ2v) is 5.03. The van der Waals surface area contributed by atoms with Crippen LogP contribution in [0.15, 0.2) is 12.1 Å². The van der Waals surface area contributed by atoms with E-state index in [-0.39, 0.29) is 5.82 Å². The Hall–Kier alpha value is -1.49. The molecule has 0 spiro atoms. The third-order valence-electron chi connectivity index (χ3n) is 3.48. The molecule has 0 radical (unpaired) electrons. The lowest BCUT2D eigenvalue weighted by molar-refractivity contribution is 0.0350. The summed E-state index contributed by atoms with van der Waals surface area (Å²) in [6.07, 6.45) is 1.25. The molecule has 1 aromatic rings. The molecule has 100 valence electrons. The second-order valence-electron chi connectivity index (χ2n) is 5.03. The average molecular weight is 254 g/mol. The highest BCUT2D eigenvalue weighted by atomic mass is 19.1. The molecular formula is C13H19FN2O2. The topological polar surface area (TPSA) is 58.7 Å². The van der Waals surface area contributed by atoms with Gasteiger partial charge < -0.3 is 20.5 Å². The molecule has 1 fully saturated rings. The van der Waals surface area contributed by atoms with Crippen molar-refractivity contribution in [2.24, 2.45) is 0 Å². The van der Waals surface area contributed by atoms with E-state index in [1.54, 1.807) is 6.07 Å². The minimum absolute atomic E-state index is 0.294. The van der Waals surface area contributed by atoms with E-state index >= 15 is 0 Å². The van der Waals surface area contributed by atoms with Crippen molar-refractivity contribution in [1.82, 2.24) is 0 Å². The number of nitrogens with zero attached hydrogens (tertiary/aromatic N) is 1. The monoisotopic (exact) mass is 254 g/mol. The van der Waals surface area contributed by atoms with Gasteiger partial charge in [0.2, 0.25) is 0 Å². The Kier molecular flexibility index (Phi) is 3.34. The summed E-state index contributed by atoms with van der Waals surface area (Å²) in [5, 5.41) is 9.89. The van der Waals surface area contributed by atoms with Gasteiger partial charge in [-0.2, -0.15) is 0 Å². The number of halogens is 1. The summed E-state index contributed by atoms with van der Waals surface area (Å²) in [7, 11) is 1.51. The first-order chi connectivity index (χ1) is 8.43. The maximum Gasteiger partial charge on any atom is 0.148 e. The number of nitrogens with two attached hydrogens (primary N) is 1. The molecule has 1 saturated heterocycles. The van der Waals surface area contributed by atoms with Crippen molar-refractivity contribution in [3.8, 4) is 5.75 Å². The van der Waals surface area contributed by atoms with Gasteiger partial charge in [0.15, 0.2) is 0 Å². The zero-order valence-corrected chi connectivity index (χ0v) is 10.7. The molecule has 0 aromatic heterocycles. The Morgan fingerprint density at radius 1 is 1.39 bits per heavy atom. The van der Waals surface area contributed by atoms with Crippen molar-refractivity contribution in [2.45, 2.75) is 25.4 Å². The summed E-state index contributed by atoms with van der Waals surface area (Å²) in [6, 6.07) is 2.89. The Morgan fingerprint density at radius 2 is 2.00 bits per heavy atom. The lowest BCUT2D eigenvalue weighted by atomic mass is 9.93. The number of nitrogen functional groups attached to an aromatic ring is 1. The Balaban J connectivity index is 2.24. The fourth-order valence-electron chi connectivity index (χ4n) is 2.21. The number of methoxy groups -OCH3 is 1. The molecule has 3 N–H and O–H groups in total. The van der Waals surface area contributed by atoms with Gasteiger partial charge in [-0.25, -0.2) is 4.39 Å². The van der Waals surface area contributed by atoms with Crippen molar-refractivity contribution in [2.75, 3.05) is 30.8 Å². The van der Waals surface area contributed by atoms with E-state index in [1.165, 1.54) is 13.2 Å². The zero-order valence-electron chi connectivity index (χ0n) is 10.7. The molecule has 0 amide bonds. The zero-order chi connectivity index (χ0) is 13.3. The summed E-state index contributed by atoms with van der Waals surface area (Å²) < 4.78 is 19.0. The van der Waals surface area contributed by atoms with Crippen LogP contribution in [0.5, 0.6) is 5.75 Å². The quantitative estimate of drug-likeness (QED) is 0.790. The van der Waals surface area contributed by atoms with E-state index in [2.05, 4.69) is 0 Å². The van der Waals surface area contributed by atoms with Crippen molar-refractivity contribution in [3.05, 3.63) is 17.9 Å². The average Bonchev–Trinajstić information content (AvgIpc) is 2.30. The third kappa shape index (κ3) is 2.51. The van der Waals surface area contributed by atoms with Crippen LogP contribution in [-0.4, -0.2) is 30.9 Å². The second kappa shape index (κ2) is 4.65. The van der Waals surface area contributed by atoms with E-state index in [0.29, 0.717) is 43.1 Å². The fourth-order valence-corrected chi connectivity index (χ4v) is 2.21. The fraction of sp³-hybridized carbons (Fsp3) is 0.538. The molecule has 1 heterocycles. The van der Waals surface area contributed by atoms with E-state index in [4.69, 9.17) is 10.5 Å². The highest BCUT2D eigenvalue weighted by Crippen LogP contribution is 2.33. The number of rotatable bonds is 2. The van der Waals surface area contributed by atoms with E-state index in [0.717, 1.165) is 0 Å². The molecule has 0 aliphatic carbocycles. The summed E-state index contributed by atoms with van der Waals surface area (Å²) in [5.74, 6) is 0.124. The van der Waals surface area contributed by atoms with Crippen LogP contribution in [0.4, 0.5) is 15.8 Å². The lowest BCUT2D eigenvalue weighted by Crippen LogP contribution is -2.42. The van der Waals surface area contributed by atoms with Gasteiger partial charge in [0.1, 0.15) is 11.6 Å². The van der Waals surface area contributed by atoms with Crippen LogP contribution in [0.3, 0.4) is 0 Å². The van der Waals surface area contributed by atoms with Gasteiger partial charge >= 0.3 is 0 Å². The number of aliphatic hydroxyl groups is 1. The van der Waals surface area contributed by atoms with Crippen LogP contribution in [0.1, 0.15) is 19.8 Å². The highest BCUT2D eigenvalue weighted by molar-refractivity contribution is 5.63. The number of hydrogen-bond donors (Lipinski definition) is 2. The SMILES string of the molecule is COc1cc(N2CCC(C)(O)CC2)c(F)cc1N. The predicted octanol–water partition coefficient (Wildman–Crippen LogP) is 1.77. The molecule has 2 rings (SSSR count). The maximum atomic E-state index is 13.9. The van der Waals surface area contributed by atoms with E-state index < -0.39 is 5.60 Å². The van der Waals surface area contributed by atoms with Crippen LogP contribution in [0.25, 0.3) is 0 Å². The van der Waals surface area contributed by atoms with Crippen LogP contribution in [-0.2, 0) is 0 Å².